The lowest BCUT2D eigenvalue weighted by Crippen LogP contribution is -2.34. The van der Waals surface area contributed by atoms with Crippen LogP contribution < -0.4 is 9.47 Å². The third kappa shape index (κ3) is 6.51. The fourth-order valence-corrected chi connectivity index (χ4v) is 3.69. The largest absolute Gasteiger partial charge is 0.493 e. The zero-order valence-electron chi connectivity index (χ0n) is 16.6. The molecule has 0 aromatic heterocycles. The Morgan fingerprint density at radius 2 is 1.86 bits per heavy atom. The first kappa shape index (κ1) is 24.8. The standard InChI is InChI=1S/C19H28Br2O8/c1-10(2)28-9-11-7-12(25-3)18(15(21)14(11)20)26-5-4-6-27-19-17(24)16(23)13(8-22)29-19/h7,10,13,16-17,19,22-24H,4-6,8-9H2,1-3H3/t13-,16-,17-,19-/m1/s1. The second-order valence-electron chi connectivity index (χ2n) is 6.83. The van der Waals surface area contributed by atoms with Crippen molar-refractivity contribution in [3.63, 3.8) is 0 Å². The minimum Gasteiger partial charge on any atom is -0.493 e. The minimum atomic E-state index is -1.20. The summed E-state index contributed by atoms with van der Waals surface area (Å²) in [6.45, 7) is 4.57. The van der Waals surface area contributed by atoms with Gasteiger partial charge in [-0.25, -0.2) is 0 Å². The van der Waals surface area contributed by atoms with E-state index >= 15 is 0 Å². The molecule has 0 radical (unpaired) electrons. The van der Waals surface area contributed by atoms with Gasteiger partial charge in [0.25, 0.3) is 0 Å². The highest BCUT2D eigenvalue weighted by atomic mass is 79.9. The highest BCUT2D eigenvalue weighted by molar-refractivity contribution is 9.13. The van der Waals surface area contributed by atoms with E-state index in [0.29, 0.717) is 31.1 Å². The fraction of sp³-hybridized carbons (Fsp3) is 0.684. The molecule has 0 spiro atoms. The first-order valence-electron chi connectivity index (χ1n) is 9.33. The minimum absolute atomic E-state index is 0.110. The van der Waals surface area contributed by atoms with Crippen molar-refractivity contribution < 1.29 is 39.0 Å². The zero-order valence-corrected chi connectivity index (χ0v) is 19.8. The highest BCUT2D eigenvalue weighted by Crippen LogP contribution is 2.43. The van der Waals surface area contributed by atoms with Crippen molar-refractivity contribution in [2.75, 3.05) is 26.9 Å². The monoisotopic (exact) mass is 542 g/mol. The molecule has 1 fully saturated rings. The van der Waals surface area contributed by atoms with E-state index in [1.54, 1.807) is 7.11 Å². The van der Waals surface area contributed by atoms with Crippen LogP contribution in [-0.2, 0) is 20.8 Å². The lowest BCUT2D eigenvalue weighted by Gasteiger charge is -2.18. The van der Waals surface area contributed by atoms with Gasteiger partial charge in [-0.2, -0.15) is 0 Å². The summed E-state index contributed by atoms with van der Waals surface area (Å²) in [4.78, 5) is 0. The molecule has 1 aromatic carbocycles. The van der Waals surface area contributed by atoms with Crippen molar-refractivity contribution in [1.82, 2.24) is 0 Å². The number of aliphatic hydroxyl groups is 3. The number of hydrogen-bond donors (Lipinski definition) is 3. The molecule has 0 bridgehead atoms. The first-order valence-corrected chi connectivity index (χ1v) is 10.9. The summed E-state index contributed by atoms with van der Waals surface area (Å²) in [6, 6.07) is 1.86. The molecule has 8 nitrogen and oxygen atoms in total. The molecule has 29 heavy (non-hydrogen) atoms. The Bertz CT molecular complexity index is 658. The van der Waals surface area contributed by atoms with Crippen LogP contribution in [0.1, 0.15) is 25.8 Å². The lowest BCUT2D eigenvalue weighted by molar-refractivity contribution is -0.170. The van der Waals surface area contributed by atoms with Crippen LogP contribution in [0.5, 0.6) is 11.5 Å². The number of methoxy groups -OCH3 is 1. The Morgan fingerprint density at radius 1 is 1.14 bits per heavy atom. The van der Waals surface area contributed by atoms with Gasteiger partial charge in [-0.15, -0.1) is 0 Å². The summed E-state index contributed by atoms with van der Waals surface area (Å²) in [6.07, 6.45) is -3.56. The van der Waals surface area contributed by atoms with Crippen LogP contribution in [0.15, 0.2) is 15.0 Å². The van der Waals surface area contributed by atoms with Gasteiger partial charge < -0.3 is 39.0 Å². The van der Waals surface area contributed by atoms with Crippen molar-refractivity contribution >= 4 is 31.9 Å². The zero-order chi connectivity index (χ0) is 21.6. The molecule has 1 saturated heterocycles. The third-order valence-corrected chi connectivity index (χ3v) is 6.51. The number of benzene rings is 1. The Kier molecular flexibility index (Phi) is 10.1. The molecular formula is C19H28Br2O8. The van der Waals surface area contributed by atoms with Crippen LogP contribution in [0.25, 0.3) is 0 Å². The Balaban J connectivity index is 1.88. The van der Waals surface area contributed by atoms with Gasteiger partial charge in [0.2, 0.25) is 0 Å². The Morgan fingerprint density at radius 3 is 2.45 bits per heavy atom. The molecule has 1 aliphatic heterocycles. The number of ether oxygens (including phenoxy) is 5. The van der Waals surface area contributed by atoms with Crippen molar-refractivity contribution in [2.45, 2.75) is 57.6 Å². The summed E-state index contributed by atoms with van der Waals surface area (Å²) in [5, 5.41) is 28.7. The van der Waals surface area contributed by atoms with E-state index in [9.17, 15) is 10.2 Å². The van der Waals surface area contributed by atoms with E-state index in [1.165, 1.54) is 0 Å². The van der Waals surface area contributed by atoms with Gasteiger partial charge in [-0.05, 0) is 57.3 Å². The molecule has 1 aliphatic rings. The van der Waals surface area contributed by atoms with Gasteiger partial charge in [0.05, 0.1) is 44.1 Å². The van der Waals surface area contributed by atoms with Gasteiger partial charge in [-0.1, -0.05) is 0 Å². The molecular weight excluding hydrogens is 516 g/mol. The van der Waals surface area contributed by atoms with E-state index < -0.39 is 24.6 Å². The van der Waals surface area contributed by atoms with Gasteiger partial charge in [0.1, 0.15) is 18.3 Å². The Labute approximate surface area is 187 Å². The van der Waals surface area contributed by atoms with Crippen LogP contribution in [0, 0.1) is 0 Å². The maximum atomic E-state index is 9.85. The maximum absolute atomic E-state index is 9.85. The second kappa shape index (κ2) is 11.8. The molecule has 3 N–H and O–H groups in total. The van der Waals surface area contributed by atoms with Crippen LogP contribution in [0.3, 0.4) is 0 Å². The van der Waals surface area contributed by atoms with Crippen molar-refractivity contribution in [1.29, 1.82) is 0 Å². The van der Waals surface area contributed by atoms with Gasteiger partial charge >= 0.3 is 0 Å². The van der Waals surface area contributed by atoms with Gasteiger partial charge in [-0.3, -0.25) is 0 Å². The molecule has 0 saturated carbocycles. The first-order chi connectivity index (χ1) is 13.8. The van der Waals surface area contributed by atoms with Crippen LogP contribution in [0.4, 0.5) is 0 Å². The normalized spacial score (nSPS) is 24.3. The average Bonchev–Trinajstić information content (AvgIpc) is 2.97. The van der Waals surface area contributed by atoms with E-state index in [2.05, 4.69) is 31.9 Å². The third-order valence-electron chi connectivity index (χ3n) is 4.31. The molecule has 4 atom stereocenters. The number of halogens is 2. The quantitative estimate of drug-likeness (QED) is 0.365. The predicted molar refractivity (Wildman–Crippen MR) is 112 cm³/mol. The molecule has 1 aromatic rings. The summed E-state index contributed by atoms with van der Waals surface area (Å²) in [7, 11) is 1.57. The summed E-state index contributed by atoms with van der Waals surface area (Å²) < 4.78 is 29.2. The summed E-state index contributed by atoms with van der Waals surface area (Å²) >= 11 is 7.10. The molecule has 166 valence electrons. The molecule has 1 heterocycles. The molecule has 10 heteroatoms. The van der Waals surface area contributed by atoms with E-state index in [4.69, 9.17) is 28.8 Å². The fourth-order valence-electron chi connectivity index (χ4n) is 2.72. The molecule has 2 rings (SSSR count). The molecule has 0 aliphatic carbocycles. The second-order valence-corrected chi connectivity index (χ2v) is 8.42. The van der Waals surface area contributed by atoms with E-state index in [0.717, 1.165) is 14.5 Å². The SMILES string of the molecule is COc1cc(COC(C)C)c(Br)c(Br)c1OCCCO[C@@H]1O[C@H](CO)[C@@H](O)[C@H]1O. The predicted octanol–water partition coefficient (Wildman–Crippen LogP) is 2.37. The summed E-state index contributed by atoms with van der Waals surface area (Å²) in [5.74, 6) is 1.13. The van der Waals surface area contributed by atoms with Crippen LogP contribution in [0.2, 0.25) is 0 Å². The van der Waals surface area contributed by atoms with Crippen molar-refractivity contribution in [3.05, 3.63) is 20.6 Å². The van der Waals surface area contributed by atoms with Crippen LogP contribution in [-0.4, -0.2) is 73.0 Å². The van der Waals surface area contributed by atoms with Crippen LogP contribution >= 0.6 is 31.9 Å². The Hall–Kier alpha value is -0.460. The molecule has 0 unspecified atom stereocenters. The number of hydrogen-bond acceptors (Lipinski definition) is 8. The molecule has 0 amide bonds. The maximum Gasteiger partial charge on any atom is 0.186 e. The van der Waals surface area contributed by atoms with Gasteiger partial charge in [0.15, 0.2) is 17.8 Å². The lowest BCUT2D eigenvalue weighted by atomic mass is 10.1. The number of rotatable bonds is 11. The van der Waals surface area contributed by atoms with Crippen molar-refractivity contribution in [3.8, 4) is 11.5 Å². The summed E-state index contributed by atoms with van der Waals surface area (Å²) in [5.41, 5.74) is 0.933. The van der Waals surface area contributed by atoms with E-state index in [-0.39, 0.29) is 19.3 Å². The average molecular weight is 544 g/mol. The van der Waals surface area contributed by atoms with E-state index in [1.807, 2.05) is 19.9 Å². The van der Waals surface area contributed by atoms with Crippen molar-refractivity contribution in [2.24, 2.45) is 0 Å². The number of aliphatic hydroxyl groups excluding tert-OH is 3. The topological polar surface area (TPSA) is 107 Å². The smallest absolute Gasteiger partial charge is 0.186 e. The van der Waals surface area contributed by atoms with Gasteiger partial charge in [0, 0.05) is 10.9 Å². The highest BCUT2D eigenvalue weighted by Gasteiger charge is 2.42.